The summed E-state index contributed by atoms with van der Waals surface area (Å²) in [5, 5.41) is 4.44. The van der Waals surface area contributed by atoms with E-state index in [1.807, 2.05) is 0 Å². The minimum atomic E-state index is -0.586. The number of benzene rings is 2. The number of nitrogens with one attached hydrogen (secondary N) is 1. The SMILES string of the molecule is COc1cc(/C=N/NC(=O)c2ccc(Cl)cc2)ccc1OCC(N)=O. The normalized spacial score (nSPS) is 10.5. The smallest absolute Gasteiger partial charge is 0.271 e. The van der Waals surface area contributed by atoms with Gasteiger partial charge < -0.3 is 15.2 Å². The Morgan fingerprint density at radius 3 is 2.56 bits per heavy atom. The van der Waals surface area contributed by atoms with E-state index in [1.54, 1.807) is 42.5 Å². The molecule has 2 aromatic rings. The van der Waals surface area contributed by atoms with Crippen molar-refractivity contribution in [2.45, 2.75) is 0 Å². The van der Waals surface area contributed by atoms with Crippen LogP contribution in [0.15, 0.2) is 47.6 Å². The second-order valence-electron chi connectivity index (χ2n) is 4.87. The van der Waals surface area contributed by atoms with Crippen molar-refractivity contribution in [1.29, 1.82) is 0 Å². The molecule has 0 saturated carbocycles. The van der Waals surface area contributed by atoms with Crippen LogP contribution in [0.25, 0.3) is 0 Å². The molecule has 25 heavy (non-hydrogen) atoms. The first-order valence-corrected chi connectivity index (χ1v) is 7.55. The van der Waals surface area contributed by atoms with E-state index >= 15 is 0 Å². The van der Waals surface area contributed by atoms with E-state index in [4.69, 9.17) is 26.8 Å². The summed E-state index contributed by atoms with van der Waals surface area (Å²) in [4.78, 5) is 22.7. The molecule has 2 rings (SSSR count). The monoisotopic (exact) mass is 361 g/mol. The largest absolute Gasteiger partial charge is 0.493 e. The molecule has 0 heterocycles. The number of nitrogens with two attached hydrogens (primary N) is 1. The van der Waals surface area contributed by atoms with Gasteiger partial charge in [0.1, 0.15) is 0 Å². The minimum Gasteiger partial charge on any atom is -0.493 e. The molecule has 0 aliphatic carbocycles. The van der Waals surface area contributed by atoms with Crippen LogP contribution in [0.2, 0.25) is 5.02 Å². The summed E-state index contributed by atoms with van der Waals surface area (Å²) in [6.45, 7) is -0.249. The quantitative estimate of drug-likeness (QED) is 0.581. The molecule has 0 bridgehead atoms. The van der Waals surface area contributed by atoms with Crippen LogP contribution < -0.4 is 20.6 Å². The average Bonchev–Trinajstić information content (AvgIpc) is 2.60. The highest BCUT2D eigenvalue weighted by molar-refractivity contribution is 6.30. The molecule has 0 aliphatic heterocycles. The molecular weight excluding hydrogens is 346 g/mol. The van der Waals surface area contributed by atoms with Gasteiger partial charge in [0, 0.05) is 10.6 Å². The number of halogens is 1. The van der Waals surface area contributed by atoms with Crippen LogP contribution in [-0.4, -0.2) is 31.7 Å². The van der Waals surface area contributed by atoms with Gasteiger partial charge in [0.05, 0.1) is 13.3 Å². The summed E-state index contributed by atoms with van der Waals surface area (Å²) >= 11 is 5.77. The molecule has 3 N–H and O–H groups in total. The van der Waals surface area contributed by atoms with Crippen LogP contribution in [0.5, 0.6) is 11.5 Å². The Bertz CT molecular complexity index is 791. The van der Waals surface area contributed by atoms with Crippen LogP contribution >= 0.6 is 11.6 Å². The standard InChI is InChI=1S/C17H16ClN3O4/c1-24-15-8-11(2-7-14(15)25-10-16(19)22)9-20-21-17(23)12-3-5-13(18)6-4-12/h2-9H,10H2,1H3,(H2,19,22)(H,21,23)/b20-9+. The number of primary amides is 1. The fraction of sp³-hybridized carbons (Fsp3) is 0.118. The predicted molar refractivity (Wildman–Crippen MR) is 94.2 cm³/mol. The van der Waals surface area contributed by atoms with Gasteiger partial charge in [-0.05, 0) is 48.0 Å². The van der Waals surface area contributed by atoms with Crippen molar-refractivity contribution in [2.75, 3.05) is 13.7 Å². The number of ether oxygens (including phenoxy) is 2. The first-order chi connectivity index (χ1) is 12.0. The summed E-state index contributed by atoms with van der Waals surface area (Å²) in [6, 6.07) is 11.4. The Labute approximate surface area is 149 Å². The highest BCUT2D eigenvalue weighted by Gasteiger charge is 2.07. The highest BCUT2D eigenvalue weighted by Crippen LogP contribution is 2.27. The van der Waals surface area contributed by atoms with E-state index in [-0.39, 0.29) is 12.5 Å². The van der Waals surface area contributed by atoms with Crippen molar-refractivity contribution < 1.29 is 19.1 Å². The van der Waals surface area contributed by atoms with E-state index in [1.165, 1.54) is 13.3 Å². The topological polar surface area (TPSA) is 103 Å². The van der Waals surface area contributed by atoms with Crippen molar-refractivity contribution in [3.05, 3.63) is 58.6 Å². The van der Waals surface area contributed by atoms with E-state index in [2.05, 4.69) is 10.5 Å². The van der Waals surface area contributed by atoms with Gasteiger partial charge in [0.15, 0.2) is 18.1 Å². The van der Waals surface area contributed by atoms with E-state index in [0.29, 0.717) is 27.6 Å². The first kappa shape index (κ1) is 18.3. The minimum absolute atomic E-state index is 0.249. The molecular formula is C17H16ClN3O4. The molecule has 0 radical (unpaired) electrons. The summed E-state index contributed by atoms with van der Waals surface area (Å²) in [5.41, 5.74) is 8.56. The van der Waals surface area contributed by atoms with E-state index in [9.17, 15) is 9.59 Å². The van der Waals surface area contributed by atoms with Crippen LogP contribution in [0, 0.1) is 0 Å². The van der Waals surface area contributed by atoms with Crippen LogP contribution in [0.3, 0.4) is 0 Å². The number of hydrogen-bond donors (Lipinski definition) is 2. The number of methoxy groups -OCH3 is 1. The van der Waals surface area contributed by atoms with Crippen LogP contribution in [-0.2, 0) is 4.79 Å². The second-order valence-corrected chi connectivity index (χ2v) is 5.31. The zero-order valence-electron chi connectivity index (χ0n) is 13.4. The van der Waals surface area contributed by atoms with Crippen LogP contribution in [0.1, 0.15) is 15.9 Å². The van der Waals surface area contributed by atoms with Crippen molar-refractivity contribution in [2.24, 2.45) is 10.8 Å². The molecule has 0 aliphatic rings. The van der Waals surface area contributed by atoms with Gasteiger partial charge in [-0.15, -0.1) is 0 Å². The van der Waals surface area contributed by atoms with Crippen molar-refractivity contribution in [1.82, 2.24) is 5.43 Å². The number of amides is 2. The summed E-state index contributed by atoms with van der Waals surface area (Å²) in [5.74, 6) is -0.156. The molecule has 2 aromatic carbocycles. The van der Waals surface area contributed by atoms with Gasteiger partial charge in [0.2, 0.25) is 0 Å². The molecule has 0 fully saturated rings. The first-order valence-electron chi connectivity index (χ1n) is 7.17. The molecule has 7 nitrogen and oxygen atoms in total. The van der Waals surface area contributed by atoms with Crippen molar-refractivity contribution in [3.8, 4) is 11.5 Å². The lowest BCUT2D eigenvalue weighted by atomic mass is 10.2. The molecule has 0 aromatic heterocycles. The number of carbonyl (C=O) groups is 2. The fourth-order valence-corrected chi connectivity index (χ4v) is 1.99. The maximum Gasteiger partial charge on any atom is 0.271 e. The Kier molecular flexibility index (Phi) is 6.36. The number of nitrogens with zero attached hydrogens (tertiary/aromatic N) is 1. The molecule has 2 amide bonds. The van der Waals surface area contributed by atoms with Gasteiger partial charge in [-0.1, -0.05) is 11.6 Å². The summed E-state index contributed by atoms with van der Waals surface area (Å²) in [7, 11) is 1.47. The number of carbonyl (C=O) groups excluding carboxylic acids is 2. The lowest BCUT2D eigenvalue weighted by molar-refractivity contribution is -0.119. The zero-order valence-corrected chi connectivity index (χ0v) is 14.1. The third-order valence-electron chi connectivity index (χ3n) is 3.04. The third-order valence-corrected chi connectivity index (χ3v) is 3.30. The fourth-order valence-electron chi connectivity index (χ4n) is 1.86. The van der Waals surface area contributed by atoms with Crippen molar-refractivity contribution in [3.63, 3.8) is 0 Å². The maximum absolute atomic E-state index is 11.9. The lowest BCUT2D eigenvalue weighted by Gasteiger charge is -2.09. The molecule has 0 unspecified atom stereocenters. The van der Waals surface area contributed by atoms with E-state index in [0.717, 1.165) is 0 Å². The molecule has 0 saturated heterocycles. The zero-order chi connectivity index (χ0) is 18.2. The maximum atomic E-state index is 11.9. The summed E-state index contributed by atoms with van der Waals surface area (Å²) in [6.07, 6.45) is 1.45. The predicted octanol–water partition coefficient (Wildman–Crippen LogP) is 1.98. The highest BCUT2D eigenvalue weighted by atomic mass is 35.5. The molecule has 8 heteroatoms. The van der Waals surface area contributed by atoms with Gasteiger partial charge in [-0.2, -0.15) is 5.10 Å². The Balaban J connectivity index is 2.01. The molecule has 0 spiro atoms. The average molecular weight is 362 g/mol. The van der Waals surface area contributed by atoms with Gasteiger partial charge >= 0.3 is 0 Å². The molecule has 0 atom stereocenters. The lowest BCUT2D eigenvalue weighted by Crippen LogP contribution is -2.20. The molecule has 130 valence electrons. The Hall–Kier alpha value is -3.06. The Morgan fingerprint density at radius 2 is 1.92 bits per heavy atom. The third kappa shape index (κ3) is 5.50. The number of rotatable bonds is 7. The number of hydrogen-bond acceptors (Lipinski definition) is 5. The Morgan fingerprint density at radius 1 is 1.20 bits per heavy atom. The van der Waals surface area contributed by atoms with Gasteiger partial charge in [-0.3, -0.25) is 9.59 Å². The number of hydrazone groups is 1. The second kappa shape index (κ2) is 8.70. The summed E-state index contributed by atoms with van der Waals surface area (Å²) < 4.78 is 10.4. The van der Waals surface area contributed by atoms with Crippen molar-refractivity contribution >= 4 is 29.6 Å². The van der Waals surface area contributed by atoms with Gasteiger partial charge in [-0.25, -0.2) is 5.43 Å². The van der Waals surface area contributed by atoms with Gasteiger partial charge in [0.25, 0.3) is 11.8 Å². The van der Waals surface area contributed by atoms with E-state index < -0.39 is 5.91 Å². The van der Waals surface area contributed by atoms with Crippen LogP contribution in [0.4, 0.5) is 0 Å².